The van der Waals surface area contributed by atoms with Crippen molar-refractivity contribution in [3.05, 3.63) is 53.9 Å². The van der Waals surface area contributed by atoms with Crippen molar-refractivity contribution >= 4 is 17.4 Å². The van der Waals surface area contributed by atoms with Crippen LogP contribution in [-0.2, 0) is 22.2 Å². The van der Waals surface area contributed by atoms with Crippen LogP contribution in [0, 0.1) is 0 Å². The van der Waals surface area contributed by atoms with Crippen LogP contribution in [0.15, 0.2) is 42.7 Å². The molecule has 10 heteroatoms. The molecular formula is C23H27F3N4O3. The van der Waals surface area contributed by atoms with Gasteiger partial charge in [0.05, 0.1) is 30.6 Å². The lowest BCUT2D eigenvalue weighted by atomic mass is 10.1. The van der Waals surface area contributed by atoms with E-state index in [1.165, 1.54) is 11.0 Å². The molecule has 1 aromatic carbocycles. The maximum atomic E-state index is 13.9. The molecule has 2 fully saturated rings. The van der Waals surface area contributed by atoms with Crippen LogP contribution in [-0.4, -0.2) is 61.5 Å². The molecule has 1 unspecified atom stereocenters. The minimum absolute atomic E-state index is 0.141. The topological polar surface area (TPSA) is 66.9 Å². The van der Waals surface area contributed by atoms with Crippen molar-refractivity contribution in [2.75, 3.05) is 49.7 Å². The van der Waals surface area contributed by atoms with Gasteiger partial charge in [-0.15, -0.1) is 0 Å². The minimum Gasteiger partial charge on any atom is -0.378 e. The first kappa shape index (κ1) is 23.3. The number of halogens is 3. The Balaban J connectivity index is 1.55. The monoisotopic (exact) mass is 464 g/mol. The Morgan fingerprint density at radius 3 is 2.70 bits per heavy atom. The summed E-state index contributed by atoms with van der Waals surface area (Å²) in [5, 5.41) is 2.49. The van der Waals surface area contributed by atoms with Crippen LogP contribution >= 0.6 is 0 Å². The van der Waals surface area contributed by atoms with E-state index in [1.807, 2.05) is 11.0 Å². The SMILES string of the molecule is O=C(Nc1ccc(N2CCOCC2)cc1C(F)(F)F)N(Cc1cccnc1)CC1CCCO1. The lowest BCUT2D eigenvalue weighted by molar-refractivity contribution is -0.136. The van der Waals surface area contributed by atoms with Crippen LogP contribution in [0.2, 0.25) is 0 Å². The number of hydrogen-bond donors (Lipinski definition) is 1. The van der Waals surface area contributed by atoms with Gasteiger partial charge in [-0.2, -0.15) is 13.2 Å². The van der Waals surface area contributed by atoms with Crippen LogP contribution in [0.5, 0.6) is 0 Å². The number of carbonyl (C=O) groups is 1. The van der Waals surface area contributed by atoms with E-state index in [2.05, 4.69) is 10.3 Å². The Labute approximate surface area is 190 Å². The number of urea groups is 1. The van der Waals surface area contributed by atoms with Crippen molar-refractivity contribution in [3.8, 4) is 0 Å². The van der Waals surface area contributed by atoms with Gasteiger partial charge in [0, 0.05) is 50.9 Å². The van der Waals surface area contributed by atoms with Gasteiger partial charge < -0.3 is 24.6 Å². The van der Waals surface area contributed by atoms with E-state index >= 15 is 0 Å². The number of hydrogen-bond acceptors (Lipinski definition) is 5. The summed E-state index contributed by atoms with van der Waals surface area (Å²) >= 11 is 0. The van der Waals surface area contributed by atoms with Crippen molar-refractivity contribution in [2.45, 2.75) is 31.7 Å². The van der Waals surface area contributed by atoms with E-state index in [0.717, 1.165) is 24.5 Å². The van der Waals surface area contributed by atoms with Crippen LogP contribution < -0.4 is 10.2 Å². The average Bonchev–Trinajstić information content (AvgIpc) is 3.33. The quantitative estimate of drug-likeness (QED) is 0.696. The number of rotatable bonds is 6. The molecule has 7 nitrogen and oxygen atoms in total. The van der Waals surface area contributed by atoms with Crippen molar-refractivity contribution in [3.63, 3.8) is 0 Å². The summed E-state index contributed by atoms with van der Waals surface area (Å²) < 4.78 is 52.6. The predicted molar refractivity (Wildman–Crippen MR) is 117 cm³/mol. The second-order valence-electron chi connectivity index (χ2n) is 8.13. The van der Waals surface area contributed by atoms with Crippen molar-refractivity contribution in [2.24, 2.45) is 0 Å². The highest BCUT2D eigenvalue weighted by Gasteiger charge is 2.35. The molecule has 0 aliphatic carbocycles. The van der Waals surface area contributed by atoms with Gasteiger partial charge in [-0.1, -0.05) is 6.07 Å². The summed E-state index contributed by atoms with van der Waals surface area (Å²) in [6.07, 6.45) is 0.201. The second-order valence-corrected chi connectivity index (χ2v) is 8.13. The fourth-order valence-electron chi connectivity index (χ4n) is 4.05. The molecule has 3 heterocycles. The Morgan fingerprint density at radius 2 is 2.03 bits per heavy atom. The van der Waals surface area contributed by atoms with Crippen molar-refractivity contribution in [1.29, 1.82) is 0 Å². The summed E-state index contributed by atoms with van der Waals surface area (Å²) in [4.78, 5) is 20.5. The zero-order valence-electron chi connectivity index (χ0n) is 18.2. The van der Waals surface area contributed by atoms with Crippen LogP contribution in [0.4, 0.5) is 29.3 Å². The summed E-state index contributed by atoms with van der Waals surface area (Å²) in [5.74, 6) is 0. The molecule has 1 aromatic heterocycles. The number of carbonyl (C=O) groups excluding carboxylic acids is 1. The van der Waals surface area contributed by atoms with Gasteiger partial charge in [-0.05, 0) is 42.7 Å². The third-order valence-electron chi connectivity index (χ3n) is 5.76. The highest BCUT2D eigenvalue weighted by atomic mass is 19.4. The number of amides is 2. The highest BCUT2D eigenvalue weighted by molar-refractivity contribution is 5.90. The molecule has 178 valence electrons. The van der Waals surface area contributed by atoms with E-state index in [0.29, 0.717) is 38.6 Å². The zero-order chi connectivity index (χ0) is 23.3. The Morgan fingerprint density at radius 1 is 1.21 bits per heavy atom. The molecule has 0 saturated carbocycles. The molecular weight excluding hydrogens is 437 g/mol. The van der Waals surface area contributed by atoms with Crippen LogP contribution in [0.1, 0.15) is 24.0 Å². The molecule has 1 atom stereocenters. The van der Waals surface area contributed by atoms with Gasteiger partial charge in [0.1, 0.15) is 0 Å². The maximum absolute atomic E-state index is 13.9. The molecule has 1 N–H and O–H groups in total. The molecule has 2 amide bonds. The number of ether oxygens (including phenoxy) is 2. The number of benzene rings is 1. The van der Waals surface area contributed by atoms with Gasteiger partial charge in [0.15, 0.2) is 0 Å². The van der Waals surface area contributed by atoms with E-state index < -0.39 is 17.8 Å². The molecule has 33 heavy (non-hydrogen) atoms. The third kappa shape index (κ3) is 6.14. The molecule has 2 aliphatic heterocycles. The average molecular weight is 464 g/mol. The van der Waals surface area contributed by atoms with Gasteiger partial charge in [0.2, 0.25) is 0 Å². The van der Waals surface area contributed by atoms with Gasteiger partial charge in [0.25, 0.3) is 0 Å². The van der Waals surface area contributed by atoms with Crippen molar-refractivity contribution in [1.82, 2.24) is 9.88 Å². The number of nitrogens with one attached hydrogen (secondary N) is 1. The molecule has 0 bridgehead atoms. The molecule has 2 aromatic rings. The molecule has 2 saturated heterocycles. The third-order valence-corrected chi connectivity index (χ3v) is 5.76. The van der Waals surface area contributed by atoms with Crippen LogP contribution in [0.25, 0.3) is 0 Å². The Bertz CT molecular complexity index is 930. The number of morpholine rings is 1. The summed E-state index contributed by atoms with van der Waals surface area (Å²) in [6.45, 7) is 3.08. The first-order valence-corrected chi connectivity index (χ1v) is 11.0. The predicted octanol–water partition coefficient (Wildman–Crippen LogP) is 4.15. The maximum Gasteiger partial charge on any atom is 0.418 e. The summed E-state index contributed by atoms with van der Waals surface area (Å²) in [7, 11) is 0. The number of aromatic nitrogens is 1. The first-order valence-electron chi connectivity index (χ1n) is 11.0. The van der Waals surface area contributed by atoms with Gasteiger partial charge >= 0.3 is 12.2 Å². The number of alkyl halides is 3. The molecule has 4 rings (SSSR count). The zero-order valence-corrected chi connectivity index (χ0v) is 18.2. The minimum atomic E-state index is -4.62. The number of pyridine rings is 1. The van der Waals surface area contributed by atoms with E-state index in [1.54, 1.807) is 24.5 Å². The summed E-state index contributed by atoms with van der Waals surface area (Å²) in [5.41, 5.74) is 0.0888. The van der Waals surface area contributed by atoms with Crippen molar-refractivity contribution < 1.29 is 27.4 Å². The van der Waals surface area contributed by atoms with E-state index in [-0.39, 0.29) is 24.9 Å². The largest absolute Gasteiger partial charge is 0.418 e. The standard InChI is InChI=1S/C23H27F3N4O3/c24-23(25,26)20-13-18(29-8-11-32-12-9-29)5-6-21(20)28-22(31)30(16-19-4-2-10-33-19)15-17-3-1-7-27-14-17/h1,3,5-7,13-14,19H,2,4,8-12,15-16H2,(H,28,31). The molecule has 0 spiro atoms. The van der Waals surface area contributed by atoms with E-state index in [9.17, 15) is 18.0 Å². The lowest BCUT2D eigenvalue weighted by Crippen LogP contribution is -2.40. The fraction of sp³-hybridized carbons (Fsp3) is 0.478. The van der Waals surface area contributed by atoms with Gasteiger partial charge in [-0.3, -0.25) is 4.98 Å². The summed E-state index contributed by atoms with van der Waals surface area (Å²) in [6, 6.07) is 6.97. The normalized spacial score (nSPS) is 18.9. The Kier molecular flexibility index (Phi) is 7.34. The molecule has 2 aliphatic rings. The lowest BCUT2D eigenvalue weighted by Gasteiger charge is -2.30. The molecule has 0 radical (unpaired) electrons. The highest BCUT2D eigenvalue weighted by Crippen LogP contribution is 2.37. The Hall–Kier alpha value is -2.85. The fourth-order valence-corrected chi connectivity index (χ4v) is 4.05. The second kappa shape index (κ2) is 10.4. The van der Waals surface area contributed by atoms with E-state index in [4.69, 9.17) is 9.47 Å². The van der Waals surface area contributed by atoms with Crippen LogP contribution in [0.3, 0.4) is 0 Å². The smallest absolute Gasteiger partial charge is 0.378 e. The number of nitrogens with zero attached hydrogens (tertiary/aromatic N) is 3. The first-order chi connectivity index (χ1) is 15.9. The van der Waals surface area contributed by atoms with Gasteiger partial charge in [-0.25, -0.2) is 4.79 Å². The number of anilines is 2.